The van der Waals surface area contributed by atoms with Gasteiger partial charge >= 0.3 is 5.97 Å². The van der Waals surface area contributed by atoms with Crippen molar-refractivity contribution in [1.29, 1.82) is 0 Å². The summed E-state index contributed by atoms with van der Waals surface area (Å²) in [6, 6.07) is 20.4. The molecular formula is C23H21NO5S. The first kappa shape index (κ1) is 20.1. The molecule has 0 aliphatic carbocycles. The van der Waals surface area contributed by atoms with E-state index in [4.69, 9.17) is 4.42 Å². The Hall–Kier alpha value is -3.16. The average Bonchev–Trinajstić information content (AvgIpc) is 3.11. The quantitative estimate of drug-likeness (QED) is 0.439. The SMILES string of the molecule is O=C(O)C(CCCc1ccccc1)NS(=O)(=O)c1ccc2oc3ccccc3c2c1. The second kappa shape index (κ2) is 8.30. The van der Waals surface area contributed by atoms with Gasteiger partial charge in [-0.25, -0.2) is 8.42 Å². The summed E-state index contributed by atoms with van der Waals surface area (Å²) in [6.07, 6.45) is 1.43. The van der Waals surface area contributed by atoms with Gasteiger partial charge < -0.3 is 9.52 Å². The van der Waals surface area contributed by atoms with Crippen LogP contribution >= 0.6 is 0 Å². The fourth-order valence-electron chi connectivity index (χ4n) is 3.52. The van der Waals surface area contributed by atoms with Crippen molar-refractivity contribution in [3.8, 4) is 0 Å². The fraction of sp³-hybridized carbons (Fsp3) is 0.174. The number of hydrogen-bond acceptors (Lipinski definition) is 4. The van der Waals surface area contributed by atoms with Crippen LogP contribution in [0.4, 0.5) is 0 Å². The first-order valence-electron chi connectivity index (χ1n) is 9.64. The molecule has 1 aromatic heterocycles. The van der Waals surface area contributed by atoms with Crippen LogP contribution in [0.15, 0.2) is 82.1 Å². The summed E-state index contributed by atoms with van der Waals surface area (Å²) in [7, 11) is -4.01. The lowest BCUT2D eigenvalue weighted by atomic mass is 10.1. The van der Waals surface area contributed by atoms with E-state index in [1.807, 2.05) is 54.6 Å². The average molecular weight is 423 g/mol. The molecule has 4 rings (SSSR count). The molecule has 0 radical (unpaired) electrons. The number of fused-ring (bicyclic) bond motifs is 3. The van der Waals surface area contributed by atoms with Gasteiger partial charge in [-0.3, -0.25) is 4.79 Å². The smallest absolute Gasteiger partial charge is 0.321 e. The van der Waals surface area contributed by atoms with Gasteiger partial charge in [-0.2, -0.15) is 4.72 Å². The third-order valence-electron chi connectivity index (χ3n) is 5.06. The summed E-state index contributed by atoms with van der Waals surface area (Å²) in [5.41, 5.74) is 2.33. The summed E-state index contributed by atoms with van der Waals surface area (Å²) in [6.45, 7) is 0. The number of sulfonamides is 1. The van der Waals surface area contributed by atoms with Crippen molar-refractivity contribution >= 4 is 37.9 Å². The topological polar surface area (TPSA) is 96.6 Å². The number of benzene rings is 3. The molecule has 0 saturated carbocycles. The predicted molar refractivity (Wildman–Crippen MR) is 115 cm³/mol. The highest BCUT2D eigenvalue weighted by Gasteiger charge is 2.25. The van der Waals surface area contributed by atoms with E-state index >= 15 is 0 Å². The van der Waals surface area contributed by atoms with Crippen LogP contribution < -0.4 is 4.72 Å². The standard InChI is InChI=1S/C23H21NO5S/c25-23(26)20(11-6-9-16-7-2-1-3-8-16)24-30(27,28)17-13-14-22-19(15-17)18-10-4-5-12-21(18)29-22/h1-5,7-8,10,12-15,20,24H,6,9,11H2,(H,25,26). The molecule has 0 bridgehead atoms. The van der Waals surface area contributed by atoms with Gasteiger partial charge in [0.05, 0.1) is 4.90 Å². The number of rotatable bonds is 8. The number of aryl methyl sites for hydroxylation is 1. The maximum atomic E-state index is 12.9. The molecule has 0 aliphatic rings. The van der Waals surface area contributed by atoms with Gasteiger partial charge in [0.2, 0.25) is 10.0 Å². The molecule has 1 atom stereocenters. The van der Waals surface area contributed by atoms with Crippen LogP contribution in [0, 0.1) is 0 Å². The minimum atomic E-state index is -4.01. The molecule has 0 fully saturated rings. The monoisotopic (exact) mass is 423 g/mol. The minimum Gasteiger partial charge on any atom is -0.480 e. The van der Waals surface area contributed by atoms with Gasteiger partial charge in [-0.05, 0) is 49.1 Å². The van der Waals surface area contributed by atoms with Crippen molar-refractivity contribution < 1.29 is 22.7 Å². The van der Waals surface area contributed by atoms with Crippen LogP contribution in [-0.2, 0) is 21.2 Å². The van der Waals surface area contributed by atoms with Crippen molar-refractivity contribution in [1.82, 2.24) is 4.72 Å². The third kappa shape index (κ3) is 4.22. The van der Waals surface area contributed by atoms with E-state index in [2.05, 4.69) is 4.72 Å². The molecule has 7 heteroatoms. The predicted octanol–water partition coefficient (Wildman–Crippen LogP) is 4.34. The zero-order valence-electron chi connectivity index (χ0n) is 16.1. The first-order valence-corrected chi connectivity index (χ1v) is 11.1. The molecule has 1 heterocycles. The second-order valence-corrected chi connectivity index (χ2v) is 8.86. The molecule has 154 valence electrons. The maximum absolute atomic E-state index is 12.9. The fourth-order valence-corrected chi connectivity index (χ4v) is 4.76. The Morgan fingerprint density at radius 1 is 0.933 bits per heavy atom. The lowest BCUT2D eigenvalue weighted by Crippen LogP contribution is -2.40. The Kier molecular flexibility index (Phi) is 5.57. The van der Waals surface area contributed by atoms with Crippen molar-refractivity contribution in [2.24, 2.45) is 0 Å². The van der Waals surface area contributed by atoms with Gasteiger partial charge in [0, 0.05) is 10.8 Å². The van der Waals surface area contributed by atoms with Gasteiger partial charge in [0.1, 0.15) is 17.2 Å². The summed E-state index contributed by atoms with van der Waals surface area (Å²) in [5.74, 6) is -1.19. The zero-order chi connectivity index (χ0) is 21.1. The van der Waals surface area contributed by atoms with E-state index in [1.165, 1.54) is 12.1 Å². The molecule has 4 aromatic rings. The Morgan fingerprint density at radius 3 is 2.40 bits per heavy atom. The van der Waals surface area contributed by atoms with Crippen LogP contribution in [-0.4, -0.2) is 25.5 Å². The summed E-state index contributed by atoms with van der Waals surface area (Å²) in [4.78, 5) is 11.7. The summed E-state index contributed by atoms with van der Waals surface area (Å²) in [5, 5.41) is 11.0. The lowest BCUT2D eigenvalue weighted by Gasteiger charge is -2.15. The first-order chi connectivity index (χ1) is 14.4. The Balaban J connectivity index is 1.53. The van der Waals surface area contributed by atoms with Gasteiger partial charge in [-0.1, -0.05) is 48.5 Å². The van der Waals surface area contributed by atoms with Crippen LogP contribution in [0.3, 0.4) is 0 Å². The molecule has 6 nitrogen and oxygen atoms in total. The highest BCUT2D eigenvalue weighted by Crippen LogP contribution is 2.30. The van der Waals surface area contributed by atoms with Crippen LogP contribution in [0.2, 0.25) is 0 Å². The minimum absolute atomic E-state index is 0.0101. The summed E-state index contributed by atoms with van der Waals surface area (Å²) >= 11 is 0. The molecule has 0 aliphatic heterocycles. The van der Waals surface area contributed by atoms with Crippen LogP contribution in [0.1, 0.15) is 18.4 Å². The van der Waals surface area contributed by atoms with Crippen molar-refractivity contribution in [3.05, 3.63) is 78.4 Å². The van der Waals surface area contributed by atoms with Crippen LogP contribution in [0.25, 0.3) is 21.9 Å². The van der Waals surface area contributed by atoms with E-state index in [0.717, 1.165) is 10.9 Å². The van der Waals surface area contributed by atoms with E-state index in [-0.39, 0.29) is 11.3 Å². The van der Waals surface area contributed by atoms with Gasteiger partial charge in [0.25, 0.3) is 0 Å². The molecule has 1 unspecified atom stereocenters. The van der Waals surface area contributed by atoms with Crippen LogP contribution in [0.5, 0.6) is 0 Å². The number of carbonyl (C=O) groups is 1. The number of nitrogens with one attached hydrogen (secondary N) is 1. The van der Waals surface area contributed by atoms with Gasteiger partial charge in [-0.15, -0.1) is 0 Å². The van der Waals surface area contributed by atoms with E-state index in [0.29, 0.717) is 29.4 Å². The number of hydrogen-bond donors (Lipinski definition) is 2. The van der Waals surface area contributed by atoms with E-state index in [9.17, 15) is 18.3 Å². The van der Waals surface area contributed by atoms with Gasteiger partial charge in [0.15, 0.2) is 0 Å². The highest BCUT2D eigenvalue weighted by molar-refractivity contribution is 7.89. The second-order valence-electron chi connectivity index (χ2n) is 7.15. The van der Waals surface area contributed by atoms with E-state index < -0.39 is 22.0 Å². The number of furan rings is 1. The molecule has 2 N–H and O–H groups in total. The Labute approximate surface area is 174 Å². The largest absolute Gasteiger partial charge is 0.480 e. The molecule has 0 saturated heterocycles. The number of carboxylic acid groups (broad SMARTS) is 1. The normalized spacial score (nSPS) is 12.9. The summed E-state index contributed by atoms with van der Waals surface area (Å²) < 4.78 is 33.8. The number of carboxylic acids is 1. The van der Waals surface area contributed by atoms with Crippen molar-refractivity contribution in [3.63, 3.8) is 0 Å². The van der Waals surface area contributed by atoms with Crippen molar-refractivity contribution in [2.45, 2.75) is 30.2 Å². The van der Waals surface area contributed by atoms with Crippen molar-refractivity contribution in [2.75, 3.05) is 0 Å². The molecule has 0 spiro atoms. The zero-order valence-corrected chi connectivity index (χ0v) is 16.9. The van der Waals surface area contributed by atoms with E-state index in [1.54, 1.807) is 6.07 Å². The Morgan fingerprint density at radius 2 is 1.63 bits per heavy atom. The number of para-hydroxylation sites is 1. The molecule has 0 amide bonds. The third-order valence-corrected chi connectivity index (χ3v) is 6.52. The number of aliphatic carboxylic acids is 1. The maximum Gasteiger partial charge on any atom is 0.321 e. The highest BCUT2D eigenvalue weighted by atomic mass is 32.2. The molecule has 30 heavy (non-hydrogen) atoms. The Bertz CT molecular complexity index is 1300. The lowest BCUT2D eigenvalue weighted by molar-refractivity contribution is -0.139. The molecule has 3 aromatic carbocycles. The molecular weight excluding hydrogens is 402 g/mol.